The molecule has 0 aromatic heterocycles. The number of fused-ring (bicyclic) bond motifs is 8. The lowest BCUT2D eigenvalue weighted by Crippen LogP contribution is -1.99. The first-order valence-electron chi connectivity index (χ1n) is 9.79. The molecular formula is C28H16. The maximum Gasteiger partial charge on any atom is -0.00264 e. The van der Waals surface area contributed by atoms with Crippen LogP contribution >= 0.6 is 0 Å². The van der Waals surface area contributed by atoms with E-state index in [1.54, 1.807) is 0 Å². The third-order valence-corrected chi connectivity index (χ3v) is 6.30. The van der Waals surface area contributed by atoms with E-state index in [9.17, 15) is 0 Å². The third-order valence-electron chi connectivity index (χ3n) is 6.30. The molecule has 0 radical (unpaired) electrons. The van der Waals surface area contributed by atoms with Gasteiger partial charge in [-0.1, -0.05) is 72.8 Å². The zero-order valence-electron chi connectivity index (χ0n) is 15.2. The fraction of sp³-hybridized carbons (Fsp3) is 0. The van der Waals surface area contributed by atoms with Crippen LogP contribution in [0, 0.1) is 20.9 Å². The standard InChI is InChI=1S/C28H16/c1-3-7-23-17(5-1)9-11-19-13-21-16-26-22(15-25(21)27(19)23)14-20-12-10-18-6-2-4-8-24(18)28(20)26/h1-16H. The molecular weight excluding hydrogens is 336 g/mol. The summed E-state index contributed by atoms with van der Waals surface area (Å²) in [6.45, 7) is 0. The lowest BCUT2D eigenvalue weighted by Gasteiger charge is -2.00. The molecule has 2 aliphatic rings. The molecule has 0 nitrogen and oxygen atoms in total. The molecule has 0 fully saturated rings. The zero-order chi connectivity index (χ0) is 18.2. The highest BCUT2D eigenvalue weighted by Gasteiger charge is 2.11. The number of hydrogen-bond donors (Lipinski definition) is 0. The van der Waals surface area contributed by atoms with E-state index in [2.05, 4.69) is 97.1 Å². The molecule has 0 saturated carbocycles. The van der Waals surface area contributed by atoms with Crippen molar-refractivity contribution >= 4 is 33.7 Å². The highest BCUT2D eigenvalue weighted by molar-refractivity contribution is 5.86. The van der Waals surface area contributed by atoms with Gasteiger partial charge in [0.15, 0.2) is 0 Å². The van der Waals surface area contributed by atoms with Gasteiger partial charge >= 0.3 is 0 Å². The van der Waals surface area contributed by atoms with Crippen LogP contribution in [0.3, 0.4) is 0 Å². The maximum absolute atomic E-state index is 2.40. The van der Waals surface area contributed by atoms with E-state index in [0.29, 0.717) is 0 Å². The molecule has 0 spiro atoms. The van der Waals surface area contributed by atoms with Gasteiger partial charge < -0.3 is 0 Å². The predicted octanol–water partition coefficient (Wildman–Crippen LogP) is 4.85. The second kappa shape index (κ2) is 4.99. The Hall–Kier alpha value is -3.64. The number of rotatable bonds is 0. The van der Waals surface area contributed by atoms with Gasteiger partial charge in [0.05, 0.1) is 0 Å². The Bertz CT molecular complexity index is 1670. The van der Waals surface area contributed by atoms with Crippen LogP contribution in [-0.2, 0) is 0 Å². The fourth-order valence-electron chi connectivity index (χ4n) is 5.06. The summed E-state index contributed by atoms with van der Waals surface area (Å²) in [5, 5.41) is 13.4. The largest absolute Gasteiger partial charge is 0.0616 e. The lowest BCUT2D eigenvalue weighted by molar-refractivity contribution is 1.46. The second-order valence-electron chi connectivity index (χ2n) is 7.82. The normalized spacial score (nSPS) is 12.9. The van der Waals surface area contributed by atoms with Crippen molar-refractivity contribution in [1.29, 1.82) is 0 Å². The van der Waals surface area contributed by atoms with Gasteiger partial charge in [-0.05, 0) is 88.3 Å². The van der Waals surface area contributed by atoms with Gasteiger partial charge in [-0.15, -0.1) is 0 Å². The maximum atomic E-state index is 2.40. The Labute approximate surface area is 161 Å². The summed E-state index contributed by atoms with van der Waals surface area (Å²) in [6, 6.07) is 31.2. The fourth-order valence-corrected chi connectivity index (χ4v) is 5.06. The molecule has 0 heterocycles. The zero-order valence-corrected chi connectivity index (χ0v) is 15.2. The quantitative estimate of drug-likeness (QED) is 0.366. The molecule has 0 amide bonds. The van der Waals surface area contributed by atoms with Crippen LogP contribution in [0.25, 0.3) is 33.7 Å². The highest BCUT2D eigenvalue weighted by atomic mass is 14.1. The molecule has 128 valence electrons. The van der Waals surface area contributed by atoms with Crippen molar-refractivity contribution in [1.82, 2.24) is 0 Å². The van der Waals surface area contributed by atoms with Crippen LogP contribution in [0.2, 0.25) is 0 Å². The molecule has 28 heavy (non-hydrogen) atoms. The minimum absolute atomic E-state index is 1.31. The highest BCUT2D eigenvalue weighted by Crippen LogP contribution is 2.24. The van der Waals surface area contributed by atoms with E-state index in [1.165, 1.54) is 64.0 Å². The van der Waals surface area contributed by atoms with Crippen LogP contribution in [-0.4, -0.2) is 0 Å². The van der Waals surface area contributed by atoms with Crippen LogP contribution in [0.5, 0.6) is 0 Å². The summed E-state index contributed by atoms with van der Waals surface area (Å²) in [5.41, 5.74) is 2.67. The van der Waals surface area contributed by atoms with Gasteiger partial charge in [0.2, 0.25) is 0 Å². The summed E-state index contributed by atoms with van der Waals surface area (Å²) < 4.78 is 0. The van der Waals surface area contributed by atoms with Crippen molar-refractivity contribution in [3.63, 3.8) is 0 Å². The van der Waals surface area contributed by atoms with Crippen molar-refractivity contribution < 1.29 is 0 Å². The molecule has 0 unspecified atom stereocenters. The van der Waals surface area contributed by atoms with E-state index in [0.717, 1.165) is 0 Å². The van der Waals surface area contributed by atoms with Crippen molar-refractivity contribution in [3.8, 4) is 0 Å². The molecule has 0 N–H and O–H groups in total. The second-order valence-corrected chi connectivity index (χ2v) is 7.82. The minimum Gasteiger partial charge on any atom is -0.0616 e. The molecule has 0 saturated heterocycles. The Balaban J connectivity index is 1.75. The smallest absolute Gasteiger partial charge is 0.00264 e. The van der Waals surface area contributed by atoms with E-state index in [1.807, 2.05) is 0 Å². The average molecular weight is 352 g/mol. The lowest BCUT2D eigenvalue weighted by atomic mass is 10.0. The molecule has 5 aromatic rings. The number of hydrogen-bond acceptors (Lipinski definition) is 0. The summed E-state index contributed by atoms with van der Waals surface area (Å²) in [5.74, 6) is 0. The molecule has 0 atom stereocenters. The van der Waals surface area contributed by atoms with Gasteiger partial charge in [0, 0.05) is 0 Å². The van der Waals surface area contributed by atoms with E-state index < -0.39 is 0 Å². The van der Waals surface area contributed by atoms with Gasteiger partial charge in [-0.25, -0.2) is 0 Å². The van der Waals surface area contributed by atoms with Gasteiger partial charge in [-0.2, -0.15) is 0 Å². The summed E-state index contributed by atoms with van der Waals surface area (Å²) >= 11 is 0. The van der Waals surface area contributed by atoms with Crippen molar-refractivity contribution in [2.24, 2.45) is 0 Å². The summed E-state index contributed by atoms with van der Waals surface area (Å²) in [7, 11) is 0. The van der Waals surface area contributed by atoms with Gasteiger partial charge in [-0.3, -0.25) is 0 Å². The molecule has 0 bridgehead atoms. The van der Waals surface area contributed by atoms with Crippen molar-refractivity contribution in [2.45, 2.75) is 0 Å². The Morgan fingerprint density at radius 1 is 0.429 bits per heavy atom. The first-order chi connectivity index (χ1) is 13.9. The topological polar surface area (TPSA) is 0 Å². The molecule has 7 rings (SSSR count). The van der Waals surface area contributed by atoms with Crippen LogP contribution < -0.4 is 10.4 Å². The first kappa shape index (κ1) is 14.4. The predicted molar refractivity (Wildman–Crippen MR) is 116 cm³/mol. The van der Waals surface area contributed by atoms with Crippen LogP contribution in [0.15, 0.2) is 84.9 Å². The Morgan fingerprint density at radius 3 is 1.39 bits per heavy atom. The number of benzene rings is 5. The van der Waals surface area contributed by atoms with Gasteiger partial charge in [0.25, 0.3) is 0 Å². The SMILES string of the molecule is C1=c2ccc3ccccc3c2=c2cc3c(cc21)=c1c(ccc2ccccc12)=C3. The summed E-state index contributed by atoms with van der Waals surface area (Å²) in [4.78, 5) is 0. The van der Waals surface area contributed by atoms with E-state index in [4.69, 9.17) is 0 Å². The van der Waals surface area contributed by atoms with Crippen LogP contribution in [0.4, 0.5) is 0 Å². The monoisotopic (exact) mass is 352 g/mol. The molecule has 0 aliphatic heterocycles. The minimum atomic E-state index is 1.31. The van der Waals surface area contributed by atoms with Crippen molar-refractivity contribution in [3.05, 3.63) is 127 Å². The first-order valence-corrected chi connectivity index (χ1v) is 9.79. The Kier molecular flexibility index (Phi) is 2.57. The van der Waals surface area contributed by atoms with Crippen LogP contribution in [0.1, 0.15) is 11.1 Å². The molecule has 5 aromatic carbocycles. The van der Waals surface area contributed by atoms with Gasteiger partial charge in [0.1, 0.15) is 0 Å². The van der Waals surface area contributed by atoms with E-state index in [-0.39, 0.29) is 0 Å². The third kappa shape index (κ3) is 1.75. The van der Waals surface area contributed by atoms with E-state index >= 15 is 0 Å². The molecule has 2 aliphatic carbocycles. The Morgan fingerprint density at radius 2 is 0.893 bits per heavy atom. The molecule has 0 heteroatoms. The summed E-state index contributed by atoms with van der Waals surface area (Å²) in [6.07, 6.45) is 4.70. The average Bonchev–Trinajstić information content (AvgIpc) is 3.29. The van der Waals surface area contributed by atoms with Crippen molar-refractivity contribution in [2.75, 3.05) is 0 Å².